The Bertz CT molecular complexity index is 720. The molecule has 4 heteroatoms. The van der Waals surface area contributed by atoms with Gasteiger partial charge in [-0.2, -0.15) is 0 Å². The van der Waals surface area contributed by atoms with Crippen LogP contribution in [0.1, 0.15) is 56.8 Å². The summed E-state index contributed by atoms with van der Waals surface area (Å²) in [7, 11) is 0. The van der Waals surface area contributed by atoms with Crippen molar-refractivity contribution in [2.75, 3.05) is 6.54 Å². The Morgan fingerprint density at radius 2 is 2.08 bits per heavy atom. The van der Waals surface area contributed by atoms with Crippen LogP contribution in [0.15, 0.2) is 24.3 Å². The molecule has 0 radical (unpaired) electrons. The SMILES string of the molecule is CC(CCCC(C)n1c2c(c3ccccc31)CNCC2)CC(=O)O. The highest BCUT2D eigenvalue weighted by molar-refractivity contribution is 5.86. The van der Waals surface area contributed by atoms with Gasteiger partial charge in [-0.25, -0.2) is 0 Å². The molecular formula is C20H28N2O2. The van der Waals surface area contributed by atoms with Crippen LogP contribution < -0.4 is 5.32 Å². The number of hydrogen-bond donors (Lipinski definition) is 2. The first kappa shape index (κ1) is 17.0. The van der Waals surface area contributed by atoms with Crippen LogP contribution in [-0.4, -0.2) is 22.2 Å². The molecule has 2 aromatic rings. The lowest BCUT2D eigenvalue weighted by atomic mass is 9.99. The molecule has 0 amide bonds. The van der Waals surface area contributed by atoms with E-state index in [0.29, 0.717) is 6.04 Å². The average Bonchev–Trinajstić information content (AvgIpc) is 2.88. The van der Waals surface area contributed by atoms with Crippen molar-refractivity contribution in [3.8, 4) is 0 Å². The standard InChI is InChI=1S/C20H28N2O2/c1-14(12-20(23)24)6-5-7-15(2)22-18-9-4-3-8-16(18)17-13-21-11-10-19(17)22/h3-4,8-9,14-15,21H,5-7,10-13H2,1-2H3,(H,23,24). The van der Waals surface area contributed by atoms with Crippen molar-refractivity contribution in [1.29, 1.82) is 0 Å². The van der Waals surface area contributed by atoms with Crippen LogP contribution in [0.3, 0.4) is 0 Å². The van der Waals surface area contributed by atoms with E-state index < -0.39 is 5.97 Å². The van der Waals surface area contributed by atoms with Gasteiger partial charge >= 0.3 is 5.97 Å². The van der Waals surface area contributed by atoms with Crippen molar-refractivity contribution >= 4 is 16.9 Å². The average molecular weight is 328 g/mol. The molecule has 0 bridgehead atoms. The fourth-order valence-electron chi connectivity index (χ4n) is 4.07. The molecule has 0 saturated carbocycles. The predicted octanol–water partition coefficient (Wildman–Crippen LogP) is 4.13. The number of rotatable bonds is 7. The lowest BCUT2D eigenvalue weighted by Gasteiger charge is -2.22. The molecular weight excluding hydrogens is 300 g/mol. The summed E-state index contributed by atoms with van der Waals surface area (Å²) in [6, 6.07) is 9.17. The summed E-state index contributed by atoms with van der Waals surface area (Å²) >= 11 is 0. The monoisotopic (exact) mass is 328 g/mol. The molecule has 1 aliphatic rings. The van der Waals surface area contributed by atoms with E-state index in [2.05, 4.69) is 41.1 Å². The number of nitrogens with zero attached hydrogens (tertiary/aromatic N) is 1. The smallest absolute Gasteiger partial charge is 0.303 e. The summed E-state index contributed by atoms with van der Waals surface area (Å²) in [5, 5.41) is 13.8. The summed E-state index contributed by atoms with van der Waals surface area (Å²) in [5.41, 5.74) is 4.29. The summed E-state index contributed by atoms with van der Waals surface area (Å²) < 4.78 is 2.54. The number of carboxylic acids is 1. The number of carboxylic acid groups (broad SMARTS) is 1. The van der Waals surface area contributed by atoms with Gasteiger partial charge in [-0.3, -0.25) is 4.79 Å². The number of aromatic nitrogens is 1. The van der Waals surface area contributed by atoms with Gasteiger partial charge in [-0.15, -0.1) is 0 Å². The molecule has 2 N–H and O–H groups in total. The lowest BCUT2D eigenvalue weighted by molar-refractivity contribution is -0.138. The molecule has 0 aliphatic carbocycles. The van der Waals surface area contributed by atoms with E-state index >= 15 is 0 Å². The molecule has 24 heavy (non-hydrogen) atoms. The quantitative estimate of drug-likeness (QED) is 0.803. The molecule has 1 aromatic heterocycles. The van der Waals surface area contributed by atoms with E-state index in [1.54, 1.807) is 0 Å². The second kappa shape index (κ2) is 7.39. The van der Waals surface area contributed by atoms with Gasteiger partial charge < -0.3 is 15.0 Å². The van der Waals surface area contributed by atoms with E-state index in [-0.39, 0.29) is 12.3 Å². The van der Waals surface area contributed by atoms with Crippen molar-refractivity contribution in [1.82, 2.24) is 9.88 Å². The highest BCUT2D eigenvalue weighted by atomic mass is 16.4. The minimum absolute atomic E-state index is 0.259. The first-order valence-electron chi connectivity index (χ1n) is 9.11. The zero-order chi connectivity index (χ0) is 17.1. The minimum atomic E-state index is -0.687. The number of carbonyl (C=O) groups is 1. The van der Waals surface area contributed by atoms with Gasteiger partial charge in [0.25, 0.3) is 0 Å². The molecule has 3 rings (SSSR count). The maximum atomic E-state index is 10.8. The Morgan fingerprint density at radius 3 is 2.88 bits per heavy atom. The van der Waals surface area contributed by atoms with Crippen molar-refractivity contribution in [2.45, 2.75) is 58.5 Å². The Morgan fingerprint density at radius 1 is 1.29 bits per heavy atom. The molecule has 0 spiro atoms. The molecule has 0 fully saturated rings. The third kappa shape index (κ3) is 3.48. The third-order valence-electron chi connectivity index (χ3n) is 5.25. The molecule has 1 aromatic carbocycles. The number of fused-ring (bicyclic) bond motifs is 3. The predicted molar refractivity (Wildman–Crippen MR) is 97.3 cm³/mol. The zero-order valence-electron chi connectivity index (χ0n) is 14.7. The van der Waals surface area contributed by atoms with Crippen LogP contribution in [0, 0.1) is 5.92 Å². The van der Waals surface area contributed by atoms with E-state index in [0.717, 1.165) is 38.8 Å². The van der Waals surface area contributed by atoms with E-state index in [1.165, 1.54) is 22.2 Å². The van der Waals surface area contributed by atoms with Gasteiger partial charge in [-0.1, -0.05) is 38.0 Å². The van der Waals surface area contributed by atoms with Gasteiger partial charge in [0.15, 0.2) is 0 Å². The summed E-state index contributed by atoms with van der Waals surface area (Å²) in [6.45, 7) is 6.35. The molecule has 2 atom stereocenters. The summed E-state index contributed by atoms with van der Waals surface area (Å²) in [6.07, 6.45) is 4.53. The van der Waals surface area contributed by atoms with Crippen LogP contribution in [0.5, 0.6) is 0 Å². The Kier molecular flexibility index (Phi) is 5.24. The summed E-state index contributed by atoms with van der Waals surface area (Å²) in [5.74, 6) is -0.428. The molecule has 2 unspecified atom stereocenters. The second-order valence-electron chi connectivity index (χ2n) is 7.22. The molecule has 130 valence electrons. The number of benzene rings is 1. The summed E-state index contributed by atoms with van der Waals surface area (Å²) in [4.78, 5) is 10.8. The fourth-order valence-corrected chi connectivity index (χ4v) is 4.07. The number of hydrogen-bond acceptors (Lipinski definition) is 2. The topological polar surface area (TPSA) is 54.3 Å². The van der Waals surface area contributed by atoms with Gasteiger partial charge in [0, 0.05) is 48.6 Å². The maximum absolute atomic E-state index is 10.8. The minimum Gasteiger partial charge on any atom is -0.481 e. The first-order valence-corrected chi connectivity index (χ1v) is 9.11. The van der Waals surface area contributed by atoms with Crippen LogP contribution in [0.2, 0.25) is 0 Å². The van der Waals surface area contributed by atoms with Crippen LogP contribution in [0.25, 0.3) is 10.9 Å². The molecule has 4 nitrogen and oxygen atoms in total. The van der Waals surface area contributed by atoms with Crippen LogP contribution in [-0.2, 0) is 17.8 Å². The van der Waals surface area contributed by atoms with E-state index in [4.69, 9.17) is 5.11 Å². The number of para-hydroxylation sites is 1. The fraction of sp³-hybridized carbons (Fsp3) is 0.550. The molecule has 0 saturated heterocycles. The van der Waals surface area contributed by atoms with Crippen molar-refractivity contribution < 1.29 is 9.90 Å². The maximum Gasteiger partial charge on any atom is 0.303 e. The van der Waals surface area contributed by atoms with Gasteiger partial charge in [0.05, 0.1) is 0 Å². The highest BCUT2D eigenvalue weighted by Crippen LogP contribution is 2.33. The van der Waals surface area contributed by atoms with E-state index in [9.17, 15) is 4.79 Å². The Labute approximate surface area is 143 Å². The molecule has 2 heterocycles. The van der Waals surface area contributed by atoms with Gasteiger partial charge in [-0.05, 0) is 30.9 Å². The zero-order valence-corrected chi connectivity index (χ0v) is 14.7. The van der Waals surface area contributed by atoms with E-state index in [1.807, 2.05) is 6.92 Å². The van der Waals surface area contributed by atoms with Crippen molar-refractivity contribution in [2.24, 2.45) is 5.92 Å². The Balaban J connectivity index is 1.75. The molecule has 1 aliphatic heterocycles. The lowest BCUT2D eigenvalue weighted by Crippen LogP contribution is -2.25. The van der Waals surface area contributed by atoms with Gasteiger partial charge in [0.1, 0.15) is 0 Å². The third-order valence-corrected chi connectivity index (χ3v) is 5.25. The highest BCUT2D eigenvalue weighted by Gasteiger charge is 2.22. The van der Waals surface area contributed by atoms with Crippen LogP contribution in [0.4, 0.5) is 0 Å². The van der Waals surface area contributed by atoms with Crippen LogP contribution >= 0.6 is 0 Å². The van der Waals surface area contributed by atoms with Gasteiger partial charge in [0.2, 0.25) is 0 Å². The number of nitrogens with one attached hydrogen (secondary N) is 1. The number of aliphatic carboxylic acids is 1. The Hall–Kier alpha value is -1.81. The van der Waals surface area contributed by atoms with Crippen molar-refractivity contribution in [3.63, 3.8) is 0 Å². The largest absolute Gasteiger partial charge is 0.481 e. The van der Waals surface area contributed by atoms with Crippen molar-refractivity contribution in [3.05, 3.63) is 35.5 Å². The normalized spacial score (nSPS) is 16.8. The first-order chi connectivity index (χ1) is 11.6. The second-order valence-corrected chi connectivity index (χ2v) is 7.22.